The molecule has 1 aliphatic carbocycles. The van der Waals surface area contributed by atoms with E-state index in [1.54, 1.807) is 6.08 Å². The predicted molar refractivity (Wildman–Crippen MR) is 72.4 cm³/mol. The molecule has 1 aliphatic rings. The van der Waals surface area contributed by atoms with Crippen molar-refractivity contribution in [2.24, 2.45) is 0 Å². The highest BCUT2D eigenvalue weighted by Gasteiger charge is 2.41. The summed E-state index contributed by atoms with van der Waals surface area (Å²) in [6, 6.07) is 9.72. The maximum atomic E-state index is 6.25. The van der Waals surface area contributed by atoms with Crippen LogP contribution in [0.5, 0.6) is 0 Å². The molecule has 84 valence electrons. The maximum absolute atomic E-state index is 6.25. The number of alkyl halides is 3. The summed E-state index contributed by atoms with van der Waals surface area (Å²) in [5.74, 6) is 0. The van der Waals surface area contributed by atoms with Crippen molar-refractivity contribution in [3.8, 4) is 0 Å². The molecule has 0 aromatic heterocycles. The van der Waals surface area contributed by atoms with Crippen molar-refractivity contribution >= 4 is 52.0 Å². The first-order valence-electron chi connectivity index (χ1n) is 4.68. The summed E-state index contributed by atoms with van der Waals surface area (Å²) in [6.07, 6.45) is 3.53. The Hall–Kier alpha value is -0.140. The number of allylic oxidation sites excluding steroid dienone is 4. The number of hydrogen-bond donors (Lipinski definition) is 0. The Bertz CT molecular complexity index is 445. The van der Waals surface area contributed by atoms with Crippen molar-refractivity contribution in [1.29, 1.82) is 0 Å². The van der Waals surface area contributed by atoms with Gasteiger partial charge in [-0.2, -0.15) is 0 Å². The lowest BCUT2D eigenvalue weighted by Crippen LogP contribution is -2.30. The number of benzene rings is 1. The minimum absolute atomic E-state index is 0.343. The van der Waals surface area contributed by atoms with Gasteiger partial charge in [0.25, 0.3) is 0 Å². The van der Waals surface area contributed by atoms with E-state index < -0.39 is 9.71 Å². The molecule has 1 aromatic carbocycles. The smallest absolute Gasteiger partial charge is 0.114 e. The van der Waals surface area contributed by atoms with E-state index in [0.29, 0.717) is 5.03 Å². The highest BCUT2D eigenvalue weighted by molar-refractivity contribution is 6.60. The van der Waals surface area contributed by atoms with Crippen molar-refractivity contribution in [2.75, 3.05) is 0 Å². The fraction of sp³-hybridized carbons (Fsp3) is 0.167. The number of hydrogen-bond acceptors (Lipinski definition) is 0. The minimum atomic E-state index is -1.26. The van der Waals surface area contributed by atoms with Gasteiger partial charge in [0.1, 0.15) is 0 Å². The first-order chi connectivity index (χ1) is 7.53. The van der Waals surface area contributed by atoms with Crippen LogP contribution in [0.15, 0.2) is 47.5 Å². The third-order valence-corrected chi connectivity index (χ3v) is 4.67. The average Bonchev–Trinajstić information content (AvgIpc) is 2.28. The lowest BCUT2D eigenvalue weighted by molar-refractivity contribution is 0.967. The van der Waals surface area contributed by atoms with E-state index in [-0.39, 0.29) is 0 Å². The van der Waals surface area contributed by atoms with Gasteiger partial charge in [-0.1, -0.05) is 71.2 Å². The Morgan fingerprint density at radius 1 is 1.00 bits per heavy atom. The van der Waals surface area contributed by atoms with E-state index in [1.165, 1.54) is 0 Å². The molecule has 1 atom stereocenters. The van der Waals surface area contributed by atoms with Crippen LogP contribution in [-0.4, -0.2) is 9.71 Å². The van der Waals surface area contributed by atoms with E-state index >= 15 is 0 Å². The van der Waals surface area contributed by atoms with Gasteiger partial charge >= 0.3 is 0 Å². The molecule has 0 aliphatic heterocycles. The third kappa shape index (κ3) is 2.12. The fourth-order valence-corrected chi connectivity index (χ4v) is 2.45. The van der Waals surface area contributed by atoms with Gasteiger partial charge in [-0.15, -0.1) is 11.6 Å². The summed E-state index contributed by atoms with van der Waals surface area (Å²) < 4.78 is -1.26. The van der Waals surface area contributed by atoms with Crippen LogP contribution in [0, 0.1) is 0 Å². The topological polar surface area (TPSA) is 0 Å². The second-order valence-electron chi connectivity index (χ2n) is 3.49. The summed E-state index contributed by atoms with van der Waals surface area (Å²) in [4.78, 5) is 0. The van der Waals surface area contributed by atoms with Crippen LogP contribution in [0.4, 0.5) is 0 Å². The minimum Gasteiger partial charge on any atom is -0.114 e. The lowest BCUT2D eigenvalue weighted by Gasteiger charge is -2.29. The van der Waals surface area contributed by atoms with Crippen LogP contribution < -0.4 is 0 Å². The molecule has 2 rings (SSSR count). The van der Waals surface area contributed by atoms with Gasteiger partial charge in [-0.25, -0.2) is 0 Å². The SMILES string of the molecule is ClC1=CC=C(c2ccccc2)C(Cl)C1(Cl)Cl. The molecule has 0 N–H and O–H groups in total. The van der Waals surface area contributed by atoms with Crippen LogP contribution in [-0.2, 0) is 0 Å². The van der Waals surface area contributed by atoms with E-state index in [2.05, 4.69) is 0 Å². The summed E-state index contributed by atoms with van der Waals surface area (Å²) in [5, 5.41) is -0.216. The number of rotatable bonds is 1. The Morgan fingerprint density at radius 2 is 1.62 bits per heavy atom. The summed E-state index contributed by atoms with van der Waals surface area (Å²) >= 11 is 24.4. The zero-order valence-corrected chi connectivity index (χ0v) is 11.2. The van der Waals surface area contributed by atoms with Crippen LogP contribution in [0.3, 0.4) is 0 Å². The largest absolute Gasteiger partial charge is 0.173 e. The summed E-state index contributed by atoms with van der Waals surface area (Å²) in [7, 11) is 0. The molecular formula is C12H8Cl4. The van der Waals surface area contributed by atoms with E-state index in [0.717, 1.165) is 11.1 Å². The first-order valence-corrected chi connectivity index (χ1v) is 6.25. The van der Waals surface area contributed by atoms with Crippen molar-refractivity contribution < 1.29 is 0 Å². The molecule has 0 saturated heterocycles. The molecule has 0 saturated carbocycles. The fourth-order valence-electron chi connectivity index (χ4n) is 1.55. The molecule has 1 unspecified atom stereocenters. The molecule has 4 heteroatoms. The highest BCUT2D eigenvalue weighted by atomic mass is 35.5. The highest BCUT2D eigenvalue weighted by Crippen LogP contribution is 2.47. The van der Waals surface area contributed by atoms with Crippen LogP contribution in [0.1, 0.15) is 5.56 Å². The molecule has 0 nitrogen and oxygen atoms in total. The van der Waals surface area contributed by atoms with Gasteiger partial charge in [-0.05, 0) is 17.2 Å². The number of halogens is 4. The van der Waals surface area contributed by atoms with Gasteiger partial charge < -0.3 is 0 Å². The molecule has 0 amide bonds. The molecular weight excluding hydrogens is 286 g/mol. The van der Waals surface area contributed by atoms with Gasteiger partial charge in [0.15, 0.2) is 4.33 Å². The van der Waals surface area contributed by atoms with Gasteiger partial charge in [0.05, 0.1) is 10.4 Å². The van der Waals surface area contributed by atoms with Crippen LogP contribution in [0.2, 0.25) is 0 Å². The van der Waals surface area contributed by atoms with Gasteiger partial charge in [-0.3, -0.25) is 0 Å². The molecule has 16 heavy (non-hydrogen) atoms. The quantitative estimate of drug-likeness (QED) is 0.640. The summed E-state index contributed by atoms with van der Waals surface area (Å²) in [6.45, 7) is 0. The van der Waals surface area contributed by atoms with E-state index in [9.17, 15) is 0 Å². The standard InChI is InChI=1S/C12H8Cl4/c13-10-7-6-9(11(14)12(10,15)16)8-4-2-1-3-5-8/h1-7,11H. The van der Waals surface area contributed by atoms with E-state index in [1.807, 2.05) is 36.4 Å². The lowest BCUT2D eigenvalue weighted by atomic mass is 9.96. The normalized spacial score (nSPS) is 23.6. The van der Waals surface area contributed by atoms with Crippen molar-refractivity contribution in [2.45, 2.75) is 9.71 Å². The molecule has 0 radical (unpaired) electrons. The van der Waals surface area contributed by atoms with Crippen molar-refractivity contribution in [1.82, 2.24) is 0 Å². The first kappa shape index (κ1) is 12.3. The Labute approximate surface area is 114 Å². The van der Waals surface area contributed by atoms with E-state index in [4.69, 9.17) is 46.4 Å². The van der Waals surface area contributed by atoms with Gasteiger partial charge in [0.2, 0.25) is 0 Å². The Balaban J connectivity index is 2.45. The monoisotopic (exact) mass is 292 g/mol. The molecule has 0 bridgehead atoms. The van der Waals surface area contributed by atoms with Crippen molar-refractivity contribution in [3.05, 3.63) is 53.1 Å². The Kier molecular flexibility index (Phi) is 3.56. The summed E-state index contributed by atoms with van der Waals surface area (Å²) in [5.41, 5.74) is 1.87. The zero-order valence-electron chi connectivity index (χ0n) is 8.13. The molecule has 1 aromatic rings. The third-order valence-electron chi connectivity index (χ3n) is 2.43. The molecule has 0 fully saturated rings. The molecule has 0 heterocycles. The maximum Gasteiger partial charge on any atom is 0.173 e. The van der Waals surface area contributed by atoms with Gasteiger partial charge in [0, 0.05) is 0 Å². The second kappa shape index (κ2) is 4.62. The van der Waals surface area contributed by atoms with Crippen LogP contribution >= 0.6 is 46.4 Å². The predicted octanol–water partition coefficient (Wildman–Crippen LogP) is 4.99. The van der Waals surface area contributed by atoms with Crippen molar-refractivity contribution in [3.63, 3.8) is 0 Å². The average molecular weight is 294 g/mol. The zero-order chi connectivity index (χ0) is 11.8. The molecule has 0 spiro atoms. The second-order valence-corrected chi connectivity index (χ2v) is 5.72. The van der Waals surface area contributed by atoms with Crippen LogP contribution in [0.25, 0.3) is 5.57 Å². The Morgan fingerprint density at radius 3 is 2.25 bits per heavy atom.